The Morgan fingerprint density at radius 3 is 2.85 bits per heavy atom. The number of nitrogens with zero attached hydrogens (tertiary/aromatic N) is 1. The van der Waals surface area contributed by atoms with Gasteiger partial charge in [0.05, 0.1) is 0 Å². The molecule has 2 aliphatic rings. The molecule has 1 atom stereocenters. The van der Waals surface area contributed by atoms with Crippen molar-refractivity contribution in [2.75, 3.05) is 19.6 Å². The fraction of sp³-hybridized carbons (Fsp3) is 0.765. The predicted octanol–water partition coefficient (Wildman–Crippen LogP) is 3.45. The third kappa shape index (κ3) is 3.26. The van der Waals surface area contributed by atoms with Gasteiger partial charge in [0.25, 0.3) is 0 Å². The highest BCUT2D eigenvalue weighted by Gasteiger charge is 2.23. The molecule has 3 rings (SSSR count). The van der Waals surface area contributed by atoms with Gasteiger partial charge in [-0.15, -0.1) is 11.3 Å². The monoisotopic (exact) mass is 292 g/mol. The summed E-state index contributed by atoms with van der Waals surface area (Å²) in [6.07, 6.45) is 6.75. The number of thiophene rings is 1. The first kappa shape index (κ1) is 14.6. The zero-order valence-corrected chi connectivity index (χ0v) is 13.8. The molecule has 0 bridgehead atoms. The highest BCUT2D eigenvalue weighted by molar-refractivity contribution is 7.12. The molecule has 2 heterocycles. The maximum Gasteiger partial charge on any atom is 0.0302 e. The van der Waals surface area contributed by atoms with Crippen LogP contribution in [0.2, 0.25) is 0 Å². The molecule has 1 aromatic heterocycles. The molecule has 112 valence electrons. The van der Waals surface area contributed by atoms with Crippen LogP contribution in [0, 0.1) is 5.92 Å². The lowest BCUT2D eigenvalue weighted by Gasteiger charge is -2.34. The molecule has 1 aliphatic heterocycles. The van der Waals surface area contributed by atoms with Crippen molar-refractivity contribution >= 4 is 11.3 Å². The second-order valence-electron chi connectivity index (χ2n) is 6.46. The van der Waals surface area contributed by atoms with Gasteiger partial charge in [0.2, 0.25) is 0 Å². The van der Waals surface area contributed by atoms with Crippen LogP contribution in [0.3, 0.4) is 0 Å². The summed E-state index contributed by atoms with van der Waals surface area (Å²) in [6, 6.07) is 3.11. The molecular formula is C17H28N2S. The largest absolute Gasteiger partial charge is 0.309 e. The molecule has 0 saturated carbocycles. The number of aryl methyl sites for hydroxylation is 2. The molecule has 1 unspecified atom stereocenters. The summed E-state index contributed by atoms with van der Waals surface area (Å²) in [5.41, 5.74) is 1.63. The van der Waals surface area contributed by atoms with Crippen molar-refractivity contribution in [3.63, 3.8) is 0 Å². The normalized spacial score (nSPS) is 22.1. The fourth-order valence-corrected chi connectivity index (χ4v) is 4.89. The Morgan fingerprint density at radius 1 is 1.35 bits per heavy atom. The molecule has 0 radical (unpaired) electrons. The first-order chi connectivity index (χ1) is 9.76. The second kappa shape index (κ2) is 6.59. The third-order valence-corrected chi connectivity index (χ3v) is 6.42. The van der Waals surface area contributed by atoms with Crippen molar-refractivity contribution in [3.05, 3.63) is 21.4 Å². The summed E-state index contributed by atoms with van der Waals surface area (Å²) in [6.45, 7) is 9.54. The van der Waals surface area contributed by atoms with E-state index in [1.54, 1.807) is 15.3 Å². The zero-order valence-electron chi connectivity index (χ0n) is 13.0. The van der Waals surface area contributed by atoms with Gasteiger partial charge >= 0.3 is 0 Å². The summed E-state index contributed by atoms with van der Waals surface area (Å²) < 4.78 is 0. The SMILES string of the molecule is CCN1CCC(C(C)NCc2cc3c(s2)CCC3)CC1. The van der Waals surface area contributed by atoms with Gasteiger partial charge < -0.3 is 10.2 Å². The Kier molecular flexibility index (Phi) is 4.79. The van der Waals surface area contributed by atoms with E-state index in [1.165, 1.54) is 51.7 Å². The number of likely N-dealkylation sites (tertiary alicyclic amines) is 1. The van der Waals surface area contributed by atoms with E-state index >= 15 is 0 Å². The Bertz CT molecular complexity index is 411. The van der Waals surface area contributed by atoms with E-state index in [-0.39, 0.29) is 0 Å². The summed E-state index contributed by atoms with van der Waals surface area (Å²) in [4.78, 5) is 5.78. The highest BCUT2D eigenvalue weighted by Crippen LogP contribution is 2.30. The minimum atomic E-state index is 0.658. The molecule has 0 amide bonds. The first-order valence-electron chi connectivity index (χ1n) is 8.32. The van der Waals surface area contributed by atoms with Crippen LogP contribution in [-0.4, -0.2) is 30.6 Å². The van der Waals surface area contributed by atoms with E-state index < -0.39 is 0 Å². The molecule has 1 N–H and O–H groups in total. The van der Waals surface area contributed by atoms with E-state index in [0.717, 1.165) is 12.5 Å². The number of piperidine rings is 1. The lowest BCUT2D eigenvalue weighted by molar-refractivity contribution is 0.168. The Balaban J connectivity index is 1.45. The predicted molar refractivity (Wildman–Crippen MR) is 87.5 cm³/mol. The van der Waals surface area contributed by atoms with Crippen molar-refractivity contribution in [1.82, 2.24) is 10.2 Å². The summed E-state index contributed by atoms with van der Waals surface area (Å²) in [5, 5.41) is 3.78. The molecule has 1 fully saturated rings. The smallest absolute Gasteiger partial charge is 0.0302 e. The second-order valence-corrected chi connectivity index (χ2v) is 7.68. The first-order valence-corrected chi connectivity index (χ1v) is 9.14. The zero-order chi connectivity index (χ0) is 13.9. The number of fused-ring (bicyclic) bond motifs is 1. The lowest BCUT2D eigenvalue weighted by Crippen LogP contribution is -2.41. The number of hydrogen-bond donors (Lipinski definition) is 1. The van der Waals surface area contributed by atoms with Crippen LogP contribution in [0.25, 0.3) is 0 Å². The maximum atomic E-state index is 3.78. The van der Waals surface area contributed by atoms with Crippen LogP contribution in [0.1, 0.15) is 48.4 Å². The Hall–Kier alpha value is -0.380. The number of hydrogen-bond acceptors (Lipinski definition) is 3. The standard InChI is InChI=1S/C17H28N2S/c1-3-19-9-7-14(8-10-19)13(2)18-12-16-11-15-5-4-6-17(15)20-16/h11,13-14,18H,3-10,12H2,1-2H3. The lowest BCUT2D eigenvalue weighted by atomic mass is 9.90. The average Bonchev–Trinajstić information content (AvgIpc) is 3.06. The Labute approximate surface area is 127 Å². The van der Waals surface area contributed by atoms with Crippen LogP contribution in [-0.2, 0) is 19.4 Å². The topological polar surface area (TPSA) is 15.3 Å². The minimum absolute atomic E-state index is 0.658. The van der Waals surface area contributed by atoms with Crippen LogP contribution in [0.4, 0.5) is 0 Å². The Morgan fingerprint density at radius 2 is 2.15 bits per heavy atom. The van der Waals surface area contributed by atoms with Crippen molar-refractivity contribution < 1.29 is 0 Å². The average molecular weight is 292 g/mol. The number of nitrogens with one attached hydrogen (secondary N) is 1. The summed E-state index contributed by atoms with van der Waals surface area (Å²) in [5.74, 6) is 0.865. The van der Waals surface area contributed by atoms with Gasteiger partial charge in [-0.25, -0.2) is 0 Å². The van der Waals surface area contributed by atoms with Crippen LogP contribution in [0.5, 0.6) is 0 Å². The van der Waals surface area contributed by atoms with Crippen LogP contribution >= 0.6 is 11.3 Å². The molecule has 2 nitrogen and oxygen atoms in total. The maximum absolute atomic E-state index is 3.78. The quantitative estimate of drug-likeness (QED) is 0.894. The van der Waals surface area contributed by atoms with Gasteiger partial charge in [-0.1, -0.05) is 6.92 Å². The third-order valence-electron chi connectivity index (χ3n) is 5.18. The highest BCUT2D eigenvalue weighted by atomic mass is 32.1. The molecule has 1 aromatic rings. The van der Waals surface area contributed by atoms with E-state index in [2.05, 4.69) is 30.1 Å². The molecule has 0 spiro atoms. The van der Waals surface area contributed by atoms with Crippen molar-refractivity contribution in [3.8, 4) is 0 Å². The van der Waals surface area contributed by atoms with E-state index in [0.29, 0.717) is 6.04 Å². The van der Waals surface area contributed by atoms with Gasteiger partial charge in [0, 0.05) is 22.3 Å². The van der Waals surface area contributed by atoms with Crippen molar-refractivity contribution in [1.29, 1.82) is 0 Å². The van der Waals surface area contributed by atoms with E-state index in [1.807, 2.05) is 11.3 Å². The van der Waals surface area contributed by atoms with Gasteiger partial charge in [-0.3, -0.25) is 0 Å². The molecule has 1 aliphatic carbocycles. The molecule has 3 heteroatoms. The van der Waals surface area contributed by atoms with Gasteiger partial charge in [-0.2, -0.15) is 0 Å². The van der Waals surface area contributed by atoms with Crippen LogP contribution < -0.4 is 5.32 Å². The summed E-state index contributed by atoms with van der Waals surface area (Å²) >= 11 is 2.04. The van der Waals surface area contributed by atoms with E-state index in [9.17, 15) is 0 Å². The van der Waals surface area contributed by atoms with Crippen LogP contribution in [0.15, 0.2) is 6.07 Å². The van der Waals surface area contributed by atoms with Gasteiger partial charge in [0.1, 0.15) is 0 Å². The minimum Gasteiger partial charge on any atom is -0.309 e. The summed E-state index contributed by atoms with van der Waals surface area (Å²) in [7, 11) is 0. The molecule has 1 saturated heterocycles. The molecule has 20 heavy (non-hydrogen) atoms. The van der Waals surface area contributed by atoms with E-state index in [4.69, 9.17) is 0 Å². The van der Waals surface area contributed by atoms with Gasteiger partial charge in [0.15, 0.2) is 0 Å². The molecular weight excluding hydrogens is 264 g/mol. The van der Waals surface area contributed by atoms with Crippen molar-refractivity contribution in [2.45, 2.75) is 58.5 Å². The number of rotatable bonds is 5. The van der Waals surface area contributed by atoms with Gasteiger partial charge in [-0.05, 0) is 76.2 Å². The van der Waals surface area contributed by atoms with Crippen molar-refractivity contribution in [2.24, 2.45) is 5.92 Å². The fourth-order valence-electron chi connectivity index (χ4n) is 3.68. The molecule has 0 aromatic carbocycles.